The van der Waals surface area contributed by atoms with Crippen LogP contribution < -0.4 is 49.4 Å². The van der Waals surface area contributed by atoms with E-state index in [1.165, 1.54) is 59.6 Å². The Morgan fingerprint density at radius 2 is 0.619 bits per heavy atom. The van der Waals surface area contributed by atoms with Gasteiger partial charge in [-0.2, -0.15) is 0 Å². The molecule has 126 heavy (non-hydrogen) atoms. The number of carbonyl (C=O) groups excluding carboxylic acids is 12. The number of hydrogen-bond donors (Lipinski definition) is 12. The SMILES string of the molecule is CCCCN(CC(O)C(Cc1ccccc1)NC(=O)c1cc(C(N)=O)cc(C(=O)N(CCC)CCC)c1)NC(=O)C(C)C.CCCN(CCC)C(=O)c1cc(C(N)=O)cc(C(=O)NC(Cc2ccccc2)C(O)CN(C)NC(=O)CC(C)C)c1.CCCN(CCC)C(=O)c1cc(C(N)=O)cc(C(=O)NC(Cc2ccccc2)C(O)CN(CC)NC(=O)CC(C)C)c1. The van der Waals surface area contributed by atoms with Crippen molar-refractivity contribution >= 4 is 70.9 Å². The molecule has 30 nitrogen and oxygen atoms in total. The molecule has 0 spiro atoms. The van der Waals surface area contributed by atoms with Crippen molar-refractivity contribution < 1.29 is 72.9 Å². The van der Waals surface area contributed by atoms with E-state index < -0.39 is 71.9 Å². The van der Waals surface area contributed by atoms with Crippen LogP contribution in [0.25, 0.3) is 0 Å². The van der Waals surface area contributed by atoms with E-state index in [0.29, 0.717) is 84.5 Å². The van der Waals surface area contributed by atoms with Gasteiger partial charge < -0.3 is 63.2 Å². The molecule has 0 heterocycles. The molecule has 15 N–H and O–H groups in total. The average Bonchev–Trinajstić information content (AvgIpc) is 0.822. The summed E-state index contributed by atoms with van der Waals surface area (Å²) in [7, 11) is 1.65. The van der Waals surface area contributed by atoms with Crippen molar-refractivity contribution in [1.29, 1.82) is 0 Å². The van der Waals surface area contributed by atoms with E-state index in [1.54, 1.807) is 45.6 Å². The zero-order valence-corrected chi connectivity index (χ0v) is 76.7. The second-order valence-electron chi connectivity index (χ2n) is 33.0. The monoisotopic (exact) mass is 1740 g/mol. The number of hydrazine groups is 3. The molecule has 6 aromatic rings. The first kappa shape index (κ1) is 107. The van der Waals surface area contributed by atoms with Gasteiger partial charge in [-0.25, -0.2) is 15.0 Å². The minimum Gasteiger partial charge on any atom is -0.390 e. The first-order chi connectivity index (χ1) is 59.9. The van der Waals surface area contributed by atoms with Crippen LogP contribution in [-0.4, -0.2) is 231 Å². The fraction of sp³-hybridized carbons (Fsp3) is 0.500. The summed E-state index contributed by atoms with van der Waals surface area (Å²) in [6.07, 6.45) is 4.75. The number of rotatable bonds is 51. The van der Waals surface area contributed by atoms with Gasteiger partial charge in [-0.15, -0.1) is 0 Å². The van der Waals surface area contributed by atoms with Crippen LogP contribution in [0.5, 0.6) is 0 Å². The highest BCUT2D eigenvalue weighted by Crippen LogP contribution is 2.22. The summed E-state index contributed by atoms with van der Waals surface area (Å²) in [6.45, 7) is 31.6. The molecular weight excluding hydrogens is 1600 g/mol. The van der Waals surface area contributed by atoms with Crippen LogP contribution in [-0.2, 0) is 33.6 Å². The third-order valence-electron chi connectivity index (χ3n) is 20.3. The van der Waals surface area contributed by atoms with E-state index in [9.17, 15) is 72.9 Å². The minimum absolute atomic E-state index is 0.0432. The van der Waals surface area contributed by atoms with Crippen molar-refractivity contribution in [1.82, 2.24) is 62.0 Å². The number of aliphatic hydroxyl groups excluding tert-OH is 3. The van der Waals surface area contributed by atoms with Gasteiger partial charge >= 0.3 is 0 Å². The summed E-state index contributed by atoms with van der Waals surface area (Å²) < 4.78 is 0. The molecule has 690 valence electrons. The number of nitrogens with zero attached hydrogens (tertiary/aromatic N) is 6. The molecular formula is C96H141N15O15. The van der Waals surface area contributed by atoms with Crippen molar-refractivity contribution in [3.05, 3.63) is 212 Å². The Kier molecular flexibility index (Phi) is 48.1. The Morgan fingerprint density at radius 1 is 0.341 bits per heavy atom. The lowest BCUT2D eigenvalue weighted by Crippen LogP contribution is -2.54. The topological polar surface area (TPSA) is 435 Å². The molecule has 6 rings (SSSR count). The van der Waals surface area contributed by atoms with Crippen LogP contribution >= 0.6 is 0 Å². The molecule has 0 saturated heterocycles. The first-order valence-corrected chi connectivity index (χ1v) is 44.3. The molecule has 0 aliphatic carbocycles. The largest absolute Gasteiger partial charge is 0.390 e. The lowest BCUT2D eigenvalue weighted by atomic mass is 9.99. The summed E-state index contributed by atoms with van der Waals surface area (Å²) in [6, 6.07) is 38.7. The molecule has 0 fully saturated rings. The highest BCUT2D eigenvalue weighted by Gasteiger charge is 2.32. The fourth-order valence-corrected chi connectivity index (χ4v) is 13.9. The smallest absolute Gasteiger partial charge is 0.253 e. The Balaban J connectivity index is 0.000000396. The number of carbonyl (C=O) groups is 12. The van der Waals surface area contributed by atoms with E-state index in [1.807, 2.05) is 174 Å². The predicted octanol–water partition coefficient (Wildman–Crippen LogP) is 9.45. The van der Waals surface area contributed by atoms with Gasteiger partial charge in [0, 0.05) is 148 Å². The fourth-order valence-electron chi connectivity index (χ4n) is 13.9. The molecule has 6 atom stereocenters. The Labute approximate surface area is 745 Å². The number of primary amides is 3. The van der Waals surface area contributed by atoms with Crippen molar-refractivity contribution in [3.63, 3.8) is 0 Å². The van der Waals surface area contributed by atoms with Gasteiger partial charge in [0.05, 0.1) is 36.4 Å². The summed E-state index contributed by atoms with van der Waals surface area (Å²) in [5, 5.41) is 47.4. The first-order valence-electron chi connectivity index (χ1n) is 44.3. The van der Waals surface area contributed by atoms with Crippen LogP contribution in [0.15, 0.2) is 146 Å². The second-order valence-corrected chi connectivity index (χ2v) is 33.0. The molecule has 0 radical (unpaired) electrons. The number of aliphatic hydroxyl groups is 3. The van der Waals surface area contributed by atoms with Gasteiger partial charge in [0.25, 0.3) is 35.4 Å². The van der Waals surface area contributed by atoms with Crippen LogP contribution in [0.2, 0.25) is 0 Å². The maximum absolute atomic E-state index is 13.7. The number of amides is 12. The normalized spacial score (nSPS) is 12.6. The third-order valence-corrected chi connectivity index (χ3v) is 20.3. The average molecular weight is 1750 g/mol. The number of likely N-dealkylation sites (N-methyl/N-ethyl adjacent to an activating group) is 2. The molecule has 0 aliphatic heterocycles. The van der Waals surface area contributed by atoms with Crippen molar-refractivity contribution in [3.8, 4) is 0 Å². The van der Waals surface area contributed by atoms with Crippen molar-refractivity contribution in [2.45, 2.75) is 217 Å². The summed E-state index contributed by atoms with van der Waals surface area (Å²) >= 11 is 0. The lowest BCUT2D eigenvalue weighted by molar-refractivity contribution is -0.130. The number of hydrogen-bond acceptors (Lipinski definition) is 18. The Bertz CT molecular complexity index is 4420. The van der Waals surface area contributed by atoms with E-state index in [4.69, 9.17) is 17.2 Å². The quantitative estimate of drug-likeness (QED) is 0.0158. The molecule has 6 unspecified atom stereocenters. The van der Waals surface area contributed by atoms with Gasteiger partial charge in [0.2, 0.25) is 35.4 Å². The lowest BCUT2D eigenvalue weighted by Gasteiger charge is -2.31. The highest BCUT2D eigenvalue weighted by atomic mass is 16.3. The molecule has 30 heteroatoms. The maximum atomic E-state index is 13.7. The maximum Gasteiger partial charge on any atom is 0.253 e. The molecule has 0 bridgehead atoms. The van der Waals surface area contributed by atoms with Gasteiger partial charge in [0.15, 0.2) is 0 Å². The van der Waals surface area contributed by atoms with Crippen molar-refractivity contribution in [2.24, 2.45) is 35.0 Å². The number of nitrogens with one attached hydrogen (secondary N) is 6. The zero-order valence-electron chi connectivity index (χ0n) is 76.7. The molecule has 0 saturated carbocycles. The van der Waals surface area contributed by atoms with Gasteiger partial charge in [-0.1, -0.05) is 194 Å². The number of benzene rings is 6. The predicted molar refractivity (Wildman–Crippen MR) is 491 cm³/mol. The summed E-state index contributed by atoms with van der Waals surface area (Å²) in [5.41, 5.74) is 28.8. The molecule has 12 amide bonds. The van der Waals surface area contributed by atoms with E-state index in [2.05, 4.69) is 32.2 Å². The molecule has 0 aromatic heterocycles. The summed E-state index contributed by atoms with van der Waals surface area (Å²) in [5.74, 6) is -5.15. The Morgan fingerprint density at radius 3 is 0.889 bits per heavy atom. The zero-order chi connectivity index (χ0) is 93.7. The van der Waals surface area contributed by atoms with Crippen LogP contribution in [0.4, 0.5) is 0 Å². The standard InChI is InChI=1S/C33H49N5O5.C32H47N5O5.C31H45N5O5/c1-6-9-17-38(36-31(41)23(4)5)22-29(39)28(18-24-13-11-10-12-14-24)35-32(42)26-19-25(30(34)40)20-27(21-26)33(43)37(15-7-2)16-8-3;1-6-14-36(15-7-2)32(42)26-19-24(30(33)40)18-25(20-26)31(41)34-27(17-23-12-10-9-11-13-23)28(38)21-37(8-3)35-29(39)16-22(4)5;1-6-13-36(14-7-2)31(41)25-18-23(29(32)39)17-24(19-25)30(40)33-26(16-22-11-9-8-10-12-22)27(37)20-35(5)34-28(38)15-21(3)4/h10-14,19-21,23,28-29,39H,6-9,15-18,22H2,1-5H3,(H2,34,40)(H,35,42)(H,36,41);9-13,18-20,22,27-28,38H,6-8,14-17,21H2,1-5H3,(H2,33,40)(H,34,41)(H,35,39);8-12,17-19,21,26-27,37H,6-7,13-16,20H2,1-5H3,(H2,32,39)(H,33,40)(H,34,38). The van der Waals surface area contributed by atoms with Crippen LogP contribution in [0.3, 0.4) is 0 Å². The van der Waals surface area contributed by atoms with Gasteiger partial charge in [-0.05, 0) is 147 Å². The van der Waals surface area contributed by atoms with Gasteiger partial charge in [-0.3, -0.25) is 73.8 Å². The number of unbranched alkanes of at least 4 members (excludes halogenated alkanes) is 1. The van der Waals surface area contributed by atoms with E-state index in [0.717, 1.165) is 68.1 Å². The van der Waals surface area contributed by atoms with E-state index >= 15 is 0 Å². The summed E-state index contributed by atoms with van der Waals surface area (Å²) in [4.78, 5) is 159. The van der Waals surface area contributed by atoms with Gasteiger partial charge in [0.1, 0.15) is 0 Å². The molecule has 6 aromatic carbocycles. The minimum atomic E-state index is -1.06. The third kappa shape index (κ3) is 37.9. The van der Waals surface area contributed by atoms with Crippen molar-refractivity contribution in [2.75, 3.05) is 79.0 Å². The highest BCUT2D eigenvalue weighted by molar-refractivity contribution is 6.07. The van der Waals surface area contributed by atoms with Crippen LogP contribution in [0, 0.1) is 17.8 Å². The molecule has 0 aliphatic rings. The Hall–Kier alpha value is -11.3. The van der Waals surface area contributed by atoms with E-state index in [-0.39, 0.29) is 123 Å². The van der Waals surface area contributed by atoms with Crippen LogP contribution in [0.1, 0.15) is 271 Å². The second kappa shape index (κ2) is 56.6. The number of nitrogens with two attached hydrogens (primary N) is 3.